The molecule has 1 N–H and O–H groups in total. The number of anilines is 1. The molecule has 150 valence electrons. The van der Waals surface area contributed by atoms with Gasteiger partial charge in [-0.05, 0) is 74.1 Å². The number of halogens is 1. The topological polar surface area (TPSA) is 37.3 Å². The second kappa shape index (κ2) is 7.54. The van der Waals surface area contributed by atoms with Crippen LogP contribution in [0, 0.1) is 0 Å². The molecule has 0 fully saturated rings. The van der Waals surface area contributed by atoms with Crippen LogP contribution in [0.4, 0.5) is 10.5 Å². The number of carbonyl (C=O) groups is 1. The Labute approximate surface area is 180 Å². The van der Waals surface area contributed by atoms with Crippen LogP contribution in [-0.2, 0) is 19.4 Å². The summed E-state index contributed by atoms with van der Waals surface area (Å²) in [6.07, 6.45) is 7.82. The molecule has 0 spiro atoms. The number of fused-ring (bicyclic) bond motifs is 5. The number of amides is 2. The van der Waals surface area contributed by atoms with Gasteiger partial charge in [0, 0.05) is 33.0 Å². The van der Waals surface area contributed by atoms with Crippen LogP contribution in [0.1, 0.15) is 53.9 Å². The molecule has 6 heteroatoms. The first kappa shape index (κ1) is 18.8. The number of hydrogen-bond donors (Lipinski definition) is 1. The highest BCUT2D eigenvalue weighted by atomic mass is 35.5. The zero-order chi connectivity index (χ0) is 20.0. The zero-order valence-corrected chi connectivity index (χ0v) is 18.0. The van der Waals surface area contributed by atoms with Crippen molar-refractivity contribution in [2.75, 3.05) is 5.32 Å². The van der Waals surface area contributed by atoms with Crippen LogP contribution < -0.4 is 5.32 Å². The van der Waals surface area contributed by atoms with Gasteiger partial charge in [0.25, 0.3) is 0 Å². The highest BCUT2D eigenvalue weighted by Crippen LogP contribution is 2.43. The number of benzene rings is 1. The number of nitrogens with zero attached hydrogens (tertiary/aromatic N) is 2. The Bertz CT molecular complexity index is 1050. The third-order valence-corrected chi connectivity index (χ3v) is 7.63. The van der Waals surface area contributed by atoms with Crippen molar-refractivity contribution in [2.24, 2.45) is 0 Å². The summed E-state index contributed by atoms with van der Waals surface area (Å²) >= 11 is 7.91. The van der Waals surface area contributed by atoms with Crippen molar-refractivity contribution in [3.63, 3.8) is 0 Å². The van der Waals surface area contributed by atoms with Gasteiger partial charge in [-0.25, -0.2) is 4.79 Å². The molecule has 3 aromatic rings. The monoisotopic (exact) mass is 425 g/mol. The van der Waals surface area contributed by atoms with Crippen LogP contribution in [0.3, 0.4) is 0 Å². The van der Waals surface area contributed by atoms with E-state index in [-0.39, 0.29) is 12.1 Å². The van der Waals surface area contributed by atoms with E-state index in [4.69, 9.17) is 11.6 Å². The van der Waals surface area contributed by atoms with Crippen molar-refractivity contribution in [1.82, 2.24) is 9.47 Å². The van der Waals surface area contributed by atoms with Crippen LogP contribution in [-0.4, -0.2) is 15.5 Å². The van der Waals surface area contributed by atoms with Crippen molar-refractivity contribution in [3.8, 4) is 5.00 Å². The molecular weight excluding hydrogens is 402 g/mol. The van der Waals surface area contributed by atoms with Crippen molar-refractivity contribution in [2.45, 2.75) is 51.6 Å². The van der Waals surface area contributed by atoms with Crippen molar-refractivity contribution < 1.29 is 4.79 Å². The van der Waals surface area contributed by atoms with Crippen LogP contribution in [0.5, 0.6) is 0 Å². The van der Waals surface area contributed by atoms with Crippen molar-refractivity contribution >= 4 is 34.7 Å². The van der Waals surface area contributed by atoms with Gasteiger partial charge in [-0.2, -0.15) is 0 Å². The van der Waals surface area contributed by atoms with Gasteiger partial charge in [0.1, 0.15) is 5.00 Å². The van der Waals surface area contributed by atoms with Gasteiger partial charge in [-0.3, -0.25) is 0 Å². The fourth-order valence-electron chi connectivity index (χ4n) is 4.64. The fraction of sp³-hybridized carbons (Fsp3) is 0.348. The molecule has 0 bridgehead atoms. The molecule has 2 aromatic heterocycles. The Morgan fingerprint density at radius 2 is 1.97 bits per heavy atom. The Kier molecular flexibility index (Phi) is 4.88. The van der Waals surface area contributed by atoms with Gasteiger partial charge in [0.2, 0.25) is 0 Å². The van der Waals surface area contributed by atoms with E-state index in [2.05, 4.69) is 35.1 Å². The summed E-state index contributed by atoms with van der Waals surface area (Å²) in [5, 5.41) is 5.05. The molecule has 0 saturated heterocycles. The summed E-state index contributed by atoms with van der Waals surface area (Å²) in [6, 6.07) is 11.5. The molecule has 1 aliphatic carbocycles. The lowest BCUT2D eigenvalue weighted by Crippen LogP contribution is -2.37. The number of urea groups is 1. The molecule has 0 radical (unpaired) electrons. The standard InChI is InChI=1S/C23H24ClN3OS/c1-2-19-20-7-5-13-26(20)22-18(17-6-3-4-8-21(17)29-22)14-27(19)23(28)25-16-11-9-15(24)10-12-16/h5,7,9-13,19H,2-4,6,8,14H2,1H3,(H,25,28). The maximum Gasteiger partial charge on any atom is 0.322 e. The quantitative estimate of drug-likeness (QED) is 0.495. The van der Waals surface area contributed by atoms with E-state index in [1.165, 1.54) is 39.5 Å². The van der Waals surface area contributed by atoms with E-state index in [1.807, 2.05) is 28.4 Å². The Balaban J connectivity index is 1.56. The predicted octanol–water partition coefficient (Wildman–Crippen LogP) is 6.57. The van der Waals surface area contributed by atoms with Crippen molar-refractivity contribution in [3.05, 3.63) is 69.3 Å². The summed E-state index contributed by atoms with van der Waals surface area (Å²) in [6.45, 7) is 2.81. The van der Waals surface area contributed by atoms with Crippen LogP contribution in [0.25, 0.3) is 5.00 Å². The molecule has 1 aromatic carbocycles. The Morgan fingerprint density at radius 3 is 2.76 bits per heavy atom. The molecule has 4 nitrogen and oxygen atoms in total. The Morgan fingerprint density at radius 1 is 1.17 bits per heavy atom. The average Bonchev–Trinajstić information content (AvgIpc) is 3.32. The maximum absolute atomic E-state index is 13.4. The average molecular weight is 426 g/mol. The first-order chi connectivity index (χ1) is 14.2. The molecule has 1 atom stereocenters. The minimum absolute atomic E-state index is 0.0381. The molecule has 2 amide bonds. The molecule has 5 rings (SSSR count). The minimum atomic E-state index is -0.0597. The Hall–Kier alpha value is -2.24. The molecule has 29 heavy (non-hydrogen) atoms. The summed E-state index contributed by atoms with van der Waals surface area (Å²) in [7, 11) is 0. The van der Waals surface area contributed by atoms with E-state index in [0.717, 1.165) is 24.9 Å². The number of aryl methyl sites for hydroxylation is 1. The molecule has 2 aliphatic rings. The lowest BCUT2D eigenvalue weighted by molar-refractivity contribution is 0.181. The van der Waals surface area contributed by atoms with Gasteiger partial charge in [-0.15, -0.1) is 11.3 Å². The molecule has 0 saturated carbocycles. The second-order valence-corrected chi connectivity index (χ2v) is 9.31. The van der Waals surface area contributed by atoms with Gasteiger partial charge < -0.3 is 14.8 Å². The smallest absolute Gasteiger partial charge is 0.312 e. The number of rotatable bonds is 2. The summed E-state index contributed by atoms with van der Waals surface area (Å²) in [4.78, 5) is 16.9. The summed E-state index contributed by atoms with van der Waals surface area (Å²) in [5.41, 5.74) is 4.78. The van der Waals surface area contributed by atoms with E-state index in [0.29, 0.717) is 11.6 Å². The third-order valence-electron chi connectivity index (χ3n) is 6.05. The van der Waals surface area contributed by atoms with E-state index in [9.17, 15) is 4.79 Å². The number of nitrogens with one attached hydrogen (secondary N) is 1. The van der Waals surface area contributed by atoms with Crippen molar-refractivity contribution in [1.29, 1.82) is 0 Å². The number of thiophene rings is 1. The summed E-state index contributed by atoms with van der Waals surface area (Å²) < 4.78 is 2.32. The van der Waals surface area contributed by atoms with E-state index >= 15 is 0 Å². The fourth-order valence-corrected chi connectivity index (χ4v) is 6.17. The van der Waals surface area contributed by atoms with E-state index in [1.54, 1.807) is 12.1 Å². The van der Waals surface area contributed by atoms with Crippen LogP contribution >= 0.6 is 22.9 Å². The maximum atomic E-state index is 13.4. The predicted molar refractivity (Wildman–Crippen MR) is 119 cm³/mol. The third kappa shape index (κ3) is 3.26. The summed E-state index contributed by atoms with van der Waals surface area (Å²) in [5.74, 6) is 0. The second-order valence-electron chi connectivity index (χ2n) is 7.79. The molecule has 1 unspecified atom stereocenters. The molecule has 3 heterocycles. The molecule has 1 aliphatic heterocycles. The van der Waals surface area contributed by atoms with E-state index < -0.39 is 0 Å². The lowest BCUT2D eigenvalue weighted by Gasteiger charge is -2.30. The first-order valence-electron chi connectivity index (χ1n) is 10.3. The number of aromatic nitrogens is 1. The van der Waals surface area contributed by atoms with Gasteiger partial charge in [-0.1, -0.05) is 18.5 Å². The van der Waals surface area contributed by atoms with Gasteiger partial charge in [0.05, 0.1) is 12.6 Å². The van der Waals surface area contributed by atoms with Gasteiger partial charge in [0.15, 0.2) is 0 Å². The zero-order valence-electron chi connectivity index (χ0n) is 16.5. The number of hydrogen-bond acceptors (Lipinski definition) is 2. The normalized spacial score (nSPS) is 17.9. The molecular formula is C23H24ClN3OS. The van der Waals surface area contributed by atoms with Gasteiger partial charge >= 0.3 is 6.03 Å². The highest BCUT2D eigenvalue weighted by molar-refractivity contribution is 7.15. The minimum Gasteiger partial charge on any atom is -0.312 e. The largest absolute Gasteiger partial charge is 0.322 e. The highest BCUT2D eigenvalue weighted by Gasteiger charge is 2.34. The lowest BCUT2D eigenvalue weighted by atomic mass is 9.95. The first-order valence-corrected chi connectivity index (χ1v) is 11.5. The number of carbonyl (C=O) groups excluding carboxylic acids is 1. The SMILES string of the molecule is CCC1c2cccn2-c2sc3c(c2CN1C(=O)Nc1ccc(Cl)cc1)CCCC3. The van der Waals surface area contributed by atoms with Crippen LogP contribution in [0.15, 0.2) is 42.6 Å². The van der Waals surface area contributed by atoms with Crippen LogP contribution in [0.2, 0.25) is 5.02 Å².